The van der Waals surface area contributed by atoms with Gasteiger partial charge in [0.05, 0.1) is 17.9 Å². The van der Waals surface area contributed by atoms with Crippen molar-refractivity contribution in [1.29, 1.82) is 0 Å². The molecule has 0 aliphatic carbocycles. The molecule has 0 atom stereocenters. The van der Waals surface area contributed by atoms with Gasteiger partial charge < -0.3 is 10.4 Å². The highest BCUT2D eigenvalue weighted by molar-refractivity contribution is 7.88. The lowest BCUT2D eigenvalue weighted by Gasteiger charge is -2.21. The Bertz CT molecular complexity index is 1410. The van der Waals surface area contributed by atoms with E-state index >= 15 is 0 Å². The van der Waals surface area contributed by atoms with Crippen molar-refractivity contribution in [3.05, 3.63) is 96.6 Å². The summed E-state index contributed by atoms with van der Waals surface area (Å²) in [5.74, 6) is -0.660. The van der Waals surface area contributed by atoms with Gasteiger partial charge >= 0.3 is 21.0 Å². The van der Waals surface area contributed by atoms with Crippen LogP contribution in [0.4, 0.5) is 5.82 Å². The number of hydrogen-bond donors (Lipinski definition) is 2. The normalized spacial score (nSPS) is 11.5. The van der Waals surface area contributed by atoms with Gasteiger partial charge in [-0.3, -0.25) is 4.79 Å². The molecular formula is C24H25N6O4S+. The van der Waals surface area contributed by atoms with Gasteiger partial charge in [-0.15, -0.1) is 0 Å². The van der Waals surface area contributed by atoms with Gasteiger partial charge in [0, 0.05) is 31.1 Å². The molecule has 0 aliphatic rings. The molecular weight excluding hydrogens is 468 g/mol. The first-order chi connectivity index (χ1) is 16.8. The molecule has 2 N–H and O–H groups in total. The Morgan fingerprint density at radius 3 is 2.54 bits per heavy atom. The van der Waals surface area contributed by atoms with Crippen LogP contribution < -0.4 is 9.88 Å². The van der Waals surface area contributed by atoms with E-state index in [4.69, 9.17) is 5.11 Å². The second-order valence-electron chi connectivity index (χ2n) is 7.80. The highest BCUT2D eigenvalue weighted by Crippen LogP contribution is 2.20. The van der Waals surface area contributed by atoms with E-state index in [1.807, 2.05) is 36.5 Å². The van der Waals surface area contributed by atoms with Crippen LogP contribution in [0.5, 0.6) is 0 Å². The maximum atomic E-state index is 13.7. The molecule has 0 saturated carbocycles. The highest BCUT2D eigenvalue weighted by Gasteiger charge is 2.32. The van der Waals surface area contributed by atoms with E-state index in [1.165, 1.54) is 4.31 Å². The van der Waals surface area contributed by atoms with E-state index < -0.39 is 16.0 Å². The molecule has 0 spiro atoms. The standard InChI is InChI=1S/C24H24N6O4S/c1-28-14-3-2-8-23(28)35(33,34)29(18-20-6-4-7-22(27-20)25-16-24(31)32)17-19-9-11-21(12-10-19)30-15-5-13-26-30/h2-15H,16-18H2,1H3,(H-,25,27,31,32)/p+1. The van der Waals surface area contributed by atoms with Gasteiger partial charge in [-0.2, -0.15) is 14.0 Å². The zero-order valence-corrected chi connectivity index (χ0v) is 19.8. The van der Waals surface area contributed by atoms with Crippen molar-refractivity contribution in [1.82, 2.24) is 19.1 Å². The zero-order valence-electron chi connectivity index (χ0n) is 19.0. The quantitative estimate of drug-likeness (QED) is 0.324. The van der Waals surface area contributed by atoms with Crippen LogP contribution in [0, 0.1) is 0 Å². The molecule has 180 valence electrons. The molecule has 4 aromatic rings. The van der Waals surface area contributed by atoms with Crippen LogP contribution in [-0.4, -0.2) is 45.1 Å². The predicted molar refractivity (Wildman–Crippen MR) is 128 cm³/mol. The number of aromatic nitrogens is 4. The van der Waals surface area contributed by atoms with Gasteiger partial charge in [-0.05, 0) is 42.0 Å². The van der Waals surface area contributed by atoms with Crippen LogP contribution in [-0.2, 0) is 35.0 Å². The Morgan fingerprint density at radius 1 is 1.06 bits per heavy atom. The molecule has 0 radical (unpaired) electrons. The average molecular weight is 494 g/mol. The summed E-state index contributed by atoms with van der Waals surface area (Å²) in [6.07, 6.45) is 5.20. The second kappa shape index (κ2) is 10.5. The molecule has 0 saturated heterocycles. The minimum absolute atomic E-state index is 0.000721. The maximum Gasteiger partial charge on any atom is 0.322 e. The van der Waals surface area contributed by atoms with Crippen LogP contribution in [0.2, 0.25) is 0 Å². The van der Waals surface area contributed by atoms with Crippen molar-refractivity contribution in [2.45, 2.75) is 18.1 Å². The second-order valence-corrected chi connectivity index (χ2v) is 9.69. The molecule has 0 amide bonds. The number of hydrogen-bond acceptors (Lipinski definition) is 6. The lowest BCUT2D eigenvalue weighted by molar-refractivity contribution is -0.710. The Kier molecular flexibility index (Phi) is 7.18. The largest absolute Gasteiger partial charge is 0.480 e. The van der Waals surface area contributed by atoms with Crippen molar-refractivity contribution in [2.75, 3.05) is 11.9 Å². The number of aryl methyl sites for hydroxylation is 1. The summed E-state index contributed by atoms with van der Waals surface area (Å²) in [5.41, 5.74) is 2.14. The highest BCUT2D eigenvalue weighted by atomic mass is 32.2. The first kappa shape index (κ1) is 24.0. The fourth-order valence-corrected chi connectivity index (χ4v) is 5.09. The molecule has 11 heteroatoms. The Morgan fingerprint density at radius 2 is 1.86 bits per heavy atom. The van der Waals surface area contributed by atoms with Crippen LogP contribution in [0.15, 0.2) is 90.3 Å². The number of nitrogens with one attached hydrogen (secondary N) is 1. The SMILES string of the molecule is C[n+]1ccccc1S(=O)(=O)N(Cc1ccc(-n2cccn2)cc1)Cc1cccc(NCC(=O)O)n1. The Hall–Kier alpha value is -4.09. The first-order valence-corrected chi connectivity index (χ1v) is 12.2. The van der Waals surface area contributed by atoms with E-state index in [0.29, 0.717) is 11.5 Å². The van der Waals surface area contributed by atoms with Crippen LogP contribution in [0.25, 0.3) is 5.69 Å². The van der Waals surface area contributed by atoms with Gasteiger partial charge in [-0.1, -0.05) is 18.2 Å². The zero-order chi connectivity index (χ0) is 24.8. The molecule has 3 heterocycles. The lowest BCUT2D eigenvalue weighted by atomic mass is 10.2. The molecule has 1 aromatic carbocycles. The smallest absolute Gasteiger partial charge is 0.322 e. The van der Waals surface area contributed by atoms with Crippen LogP contribution in [0.1, 0.15) is 11.3 Å². The van der Waals surface area contributed by atoms with Gasteiger partial charge in [0.2, 0.25) is 0 Å². The number of pyridine rings is 2. The number of carbonyl (C=O) groups is 1. The fraction of sp³-hybridized carbons (Fsp3) is 0.167. The van der Waals surface area contributed by atoms with E-state index in [0.717, 1.165) is 11.3 Å². The Labute approximate surface area is 203 Å². The molecule has 4 rings (SSSR count). The predicted octanol–water partition coefficient (Wildman–Crippen LogP) is 1.98. The van der Waals surface area contributed by atoms with Crippen molar-refractivity contribution in [3.8, 4) is 5.69 Å². The van der Waals surface area contributed by atoms with Gasteiger partial charge in [0.25, 0.3) is 0 Å². The summed E-state index contributed by atoms with van der Waals surface area (Å²) in [6, 6.07) is 19.4. The lowest BCUT2D eigenvalue weighted by Crippen LogP contribution is -2.41. The monoisotopic (exact) mass is 493 g/mol. The number of benzene rings is 1. The summed E-state index contributed by atoms with van der Waals surface area (Å²) in [7, 11) is -2.22. The molecule has 10 nitrogen and oxygen atoms in total. The number of carboxylic acid groups (broad SMARTS) is 1. The third-order valence-electron chi connectivity index (χ3n) is 5.24. The third kappa shape index (κ3) is 5.89. The molecule has 0 aliphatic heterocycles. The van der Waals surface area contributed by atoms with E-state index in [-0.39, 0.29) is 24.7 Å². The van der Waals surface area contributed by atoms with Gasteiger partial charge in [0.15, 0.2) is 6.20 Å². The van der Waals surface area contributed by atoms with Gasteiger partial charge in [-0.25, -0.2) is 18.1 Å². The van der Waals surface area contributed by atoms with Gasteiger partial charge in [0.1, 0.15) is 19.4 Å². The van der Waals surface area contributed by atoms with E-state index in [1.54, 1.807) is 65.1 Å². The minimum Gasteiger partial charge on any atom is -0.480 e. The number of anilines is 1. The number of sulfonamides is 1. The number of nitrogens with zero attached hydrogens (tertiary/aromatic N) is 5. The number of carboxylic acids is 1. The minimum atomic E-state index is -3.90. The summed E-state index contributed by atoms with van der Waals surface area (Å²) in [5, 5.41) is 16.0. The summed E-state index contributed by atoms with van der Waals surface area (Å²) in [6.45, 7) is -0.174. The van der Waals surface area contributed by atoms with Crippen molar-refractivity contribution in [2.24, 2.45) is 7.05 Å². The van der Waals surface area contributed by atoms with Crippen molar-refractivity contribution < 1.29 is 22.9 Å². The fourth-order valence-electron chi connectivity index (χ4n) is 3.53. The van der Waals surface area contributed by atoms with Crippen LogP contribution >= 0.6 is 0 Å². The Balaban J connectivity index is 1.64. The summed E-state index contributed by atoms with van der Waals surface area (Å²) in [4.78, 5) is 15.3. The topological polar surface area (TPSA) is 121 Å². The summed E-state index contributed by atoms with van der Waals surface area (Å²) >= 11 is 0. The van der Waals surface area contributed by atoms with E-state index in [2.05, 4.69) is 15.4 Å². The van der Waals surface area contributed by atoms with Crippen molar-refractivity contribution >= 4 is 21.8 Å². The molecule has 0 bridgehead atoms. The summed E-state index contributed by atoms with van der Waals surface area (Å²) < 4.78 is 32.0. The van der Waals surface area contributed by atoms with Crippen molar-refractivity contribution in [3.63, 3.8) is 0 Å². The van der Waals surface area contributed by atoms with E-state index in [9.17, 15) is 13.2 Å². The average Bonchev–Trinajstić information content (AvgIpc) is 3.38. The first-order valence-electron chi connectivity index (χ1n) is 10.8. The number of rotatable bonds is 10. The molecule has 0 fully saturated rings. The third-order valence-corrected chi connectivity index (χ3v) is 7.13. The number of aliphatic carboxylic acids is 1. The van der Waals surface area contributed by atoms with Crippen LogP contribution in [0.3, 0.4) is 0 Å². The molecule has 35 heavy (non-hydrogen) atoms. The molecule has 3 aromatic heterocycles. The maximum absolute atomic E-state index is 13.7. The molecule has 0 unspecified atom stereocenters.